The molecule has 0 saturated heterocycles. The van der Waals surface area contributed by atoms with Crippen molar-refractivity contribution in [1.82, 2.24) is 15.6 Å². The van der Waals surface area contributed by atoms with Crippen LogP contribution in [0.2, 0.25) is 0 Å². The Bertz CT molecular complexity index is 514. The molecule has 2 N–H and O–H groups in total. The maximum atomic E-state index is 4.45. The van der Waals surface area contributed by atoms with Crippen LogP contribution in [0.4, 0.5) is 0 Å². The van der Waals surface area contributed by atoms with Crippen LogP contribution in [-0.4, -0.2) is 24.0 Å². The van der Waals surface area contributed by atoms with E-state index >= 15 is 0 Å². The van der Waals surface area contributed by atoms with Gasteiger partial charge in [-0.05, 0) is 24.7 Å². The molecule has 1 aliphatic rings. The van der Waals surface area contributed by atoms with Crippen LogP contribution in [-0.2, 0) is 6.54 Å². The van der Waals surface area contributed by atoms with Crippen LogP contribution in [0.5, 0.6) is 0 Å². The first-order chi connectivity index (χ1) is 9.20. The first-order valence-electron chi connectivity index (χ1n) is 7.10. The Hall–Kier alpha value is -1.10. The molecule has 1 aliphatic carbocycles. The molecule has 2 rings (SSSR count). The van der Waals surface area contributed by atoms with Crippen molar-refractivity contribution in [2.45, 2.75) is 54.1 Å². The Morgan fingerprint density at radius 2 is 1.85 bits per heavy atom. The summed E-state index contributed by atoms with van der Waals surface area (Å²) in [4.78, 5) is 10.1. The van der Waals surface area contributed by atoms with E-state index in [2.05, 4.69) is 55.2 Å². The van der Waals surface area contributed by atoms with Crippen molar-refractivity contribution >= 4 is 17.3 Å². The quantitative estimate of drug-likeness (QED) is 0.666. The van der Waals surface area contributed by atoms with Gasteiger partial charge in [0.2, 0.25) is 0 Å². The number of nitrogens with zero attached hydrogens (tertiary/aromatic N) is 2. The molecule has 20 heavy (non-hydrogen) atoms. The Morgan fingerprint density at radius 3 is 2.25 bits per heavy atom. The van der Waals surface area contributed by atoms with E-state index in [1.165, 1.54) is 4.88 Å². The van der Waals surface area contributed by atoms with Crippen molar-refractivity contribution in [3.8, 4) is 0 Å². The zero-order valence-corrected chi connectivity index (χ0v) is 14.4. The lowest BCUT2D eigenvalue weighted by Crippen LogP contribution is -2.40. The van der Waals surface area contributed by atoms with Gasteiger partial charge in [0.15, 0.2) is 5.96 Å². The molecule has 112 valence electrons. The van der Waals surface area contributed by atoms with Crippen LogP contribution < -0.4 is 10.6 Å². The fraction of sp³-hybridized carbons (Fsp3) is 0.733. The second kappa shape index (κ2) is 5.02. The van der Waals surface area contributed by atoms with Gasteiger partial charge in [-0.1, -0.05) is 27.7 Å². The van der Waals surface area contributed by atoms with Crippen molar-refractivity contribution in [2.24, 2.45) is 15.8 Å². The minimum Gasteiger partial charge on any atom is -0.353 e. The molecule has 0 aromatic carbocycles. The third-order valence-electron chi connectivity index (χ3n) is 4.94. The standard InChI is InChI=1S/C15H26N4S/c1-9-11(20-10(2)18-9)8-17-13(16-7)19-12-14(3,4)15(12,5)6/h12H,8H2,1-7H3,(H2,16,17,19). The highest BCUT2D eigenvalue weighted by atomic mass is 32.1. The molecule has 1 saturated carbocycles. The normalized spacial score (nSPS) is 20.9. The molecule has 4 nitrogen and oxygen atoms in total. The minimum atomic E-state index is 0.307. The van der Waals surface area contributed by atoms with E-state index in [0.29, 0.717) is 16.9 Å². The highest BCUT2D eigenvalue weighted by Gasteiger charge is 2.65. The molecule has 1 heterocycles. The highest BCUT2D eigenvalue weighted by molar-refractivity contribution is 7.11. The maximum absolute atomic E-state index is 4.45. The Labute approximate surface area is 126 Å². The van der Waals surface area contributed by atoms with E-state index < -0.39 is 0 Å². The lowest BCUT2D eigenvalue weighted by Gasteiger charge is -2.13. The Morgan fingerprint density at radius 1 is 1.25 bits per heavy atom. The SMILES string of the molecule is CN=C(NCc1sc(C)nc1C)NC1C(C)(C)C1(C)C. The van der Waals surface area contributed by atoms with Crippen LogP contribution in [0.1, 0.15) is 43.3 Å². The topological polar surface area (TPSA) is 49.3 Å². The number of rotatable bonds is 3. The summed E-state index contributed by atoms with van der Waals surface area (Å²) in [6.45, 7) is 14.1. The fourth-order valence-electron chi connectivity index (χ4n) is 2.79. The first-order valence-corrected chi connectivity index (χ1v) is 7.92. The van der Waals surface area contributed by atoms with E-state index in [4.69, 9.17) is 0 Å². The molecule has 5 heteroatoms. The summed E-state index contributed by atoms with van der Waals surface area (Å²) < 4.78 is 0. The lowest BCUT2D eigenvalue weighted by molar-refractivity contribution is 0.457. The summed E-state index contributed by atoms with van der Waals surface area (Å²) in [5, 5.41) is 8.05. The van der Waals surface area contributed by atoms with Gasteiger partial charge in [0, 0.05) is 18.0 Å². The Balaban J connectivity index is 1.94. The van der Waals surface area contributed by atoms with E-state index in [0.717, 1.165) is 23.2 Å². The van der Waals surface area contributed by atoms with Crippen LogP contribution in [0.25, 0.3) is 0 Å². The average molecular weight is 294 g/mol. The summed E-state index contributed by atoms with van der Waals surface area (Å²) >= 11 is 1.74. The van der Waals surface area contributed by atoms with E-state index in [9.17, 15) is 0 Å². The number of thiazole rings is 1. The van der Waals surface area contributed by atoms with Crippen molar-refractivity contribution < 1.29 is 0 Å². The first kappa shape index (κ1) is 15.3. The molecule has 0 unspecified atom stereocenters. The number of hydrogen-bond acceptors (Lipinski definition) is 3. The molecule has 0 bridgehead atoms. The molecule has 0 atom stereocenters. The zero-order valence-electron chi connectivity index (χ0n) is 13.6. The van der Waals surface area contributed by atoms with E-state index in [1.807, 2.05) is 14.0 Å². The van der Waals surface area contributed by atoms with Gasteiger partial charge in [-0.2, -0.15) is 0 Å². The van der Waals surface area contributed by atoms with E-state index in [1.54, 1.807) is 11.3 Å². The third kappa shape index (κ3) is 2.55. The van der Waals surface area contributed by atoms with Crippen molar-refractivity contribution in [3.63, 3.8) is 0 Å². The van der Waals surface area contributed by atoms with Crippen LogP contribution in [0, 0.1) is 24.7 Å². The van der Waals surface area contributed by atoms with Gasteiger partial charge >= 0.3 is 0 Å². The molecule has 1 aromatic rings. The van der Waals surface area contributed by atoms with Crippen LogP contribution >= 0.6 is 11.3 Å². The molecule has 1 aromatic heterocycles. The summed E-state index contributed by atoms with van der Waals surface area (Å²) in [7, 11) is 1.82. The summed E-state index contributed by atoms with van der Waals surface area (Å²) in [6, 6.07) is 0.463. The van der Waals surface area contributed by atoms with Gasteiger partial charge in [0.05, 0.1) is 17.2 Å². The van der Waals surface area contributed by atoms with Gasteiger partial charge in [-0.15, -0.1) is 11.3 Å². The van der Waals surface area contributed by atoms with Gasteiger partial charge in [0.1, 0.15) is 0 Å². The molecular weight excluding hydrogens is 268 g/mol. The highest BCUT2D eigenvalue weighted by Crippen LogP contribution is 2.62. The monoisotopic (exact) mass is 294 g/mol. The predicted molar refractivity (Wildman–Crippen MR) is 86.3 cm³/mol. The molecule has 1 fully saturated rings. The third-order valence-corrected chi connectivity index (χ3v) is 6.01. The van der Waals surface area contributed by atoms with Crippen LogP contribution in [0.15, 0.2) is 4.99 Å². The van der Waals surface area contributed by atoms with Crippen molar-refractivity contribution in [1.29, 1.82) is 0 Å². The Kier molecular flexibility index (Phi) is 3.84. The summed E-state index contributed by atoms with van der Waals surface area (Å²) in [6.07, 6.45) is 0. The van der Waals surface area contributed by atoms with Gasteiger partial charge in [-0.3, -0.25) is 4.99 Å². The number of guanidine groups is 1. The number of hydrogen-bond donors (Lipinski definition) is 2. The number of aliphatic imine (C=N–C) groups is 1. The van der Waals surface area contributed by atoms with Gasteiger partial charge in [-0.25, -0.2) is 4.98 Å². The lowest BCUT2D eigenvalue weighted by atomic mass is 10.0. The fourth-order valence-corrected chi connectivity index (χ4v) is 3.67. The average Bonchev–Trinajstić information content (AvgIpc) is 2.61. The molecular formula is C15H26N4S. The zero-order chi connectivity index (χ0) is 15.1. The summed E-state index contributed by atoms with van der Waals surface area (Å²) in [5.74, 6) is 0.874. The molecule has 0 amide bonds. The van der Waals surface area contributed by atoms with Gasteiger partial charge < -0.3 is 10.6 Å². The molecule has 0 aliphatic heterocycles. The molecule has 0 radical (unpaired) electrons. The maximum Gasteiger partial charge on any atom is 0.191 e. The number of aromatic nitrogens is 1. The smallest absolute Gasteiger partial charge is 0.191 e. The van der Waals surface area contributed by atoms with Crippen molar-refractivity contribution in [3.05, 3.63) is 15.6 Å². The number of aryl methyl sites for hydroxylation is 2. The van der Waals surface area contributed by atoms with Gasteiger partial charge in [0.25, 0.3) is 0 Å². The number of nitrogens with one attached hydrogen (secondary N) is 2. The second-order valence-electron chi connectivity index (χ2n) is 6.69. The van der Waals surface area contributed by atoms with Crippen molar-refractivity contribution in [2.75, 3.05) is 7.05 Å². The second-order valence-corrected chi connectivity index (χ2v) is 7.98. The molecule has 0 spiro atoms. The van der Waals surface area contributed by atoms with Crippen LogP contribution in [0.3, 0.4) is 0 Å². The van der Waals surface area contributed by atoms with E-state index in [-0.39, 0.29) is 0 Å². The summed E-state index contributed by atoms with van der Waals surface area (Å²) in [5.41, 5.74) is 1.73. The largest absolute Gasteiger partial charge is 0.353 e. The predicted octanol–water partition coefficient (Wildman–Crippen LogP) is 2.86. The minimum absolute atomic E-state index is 0.307.